The van der Waals surface area contributed by atoms with E-state index in [9.17, 15) is 9.59 Å². The highest BCUT2D eigenvalue weighted by Crippen LogP contribution is 2.31. The zero-order valence-corrected chi connectivity index (χ0v) is 16.5. The normalized spacial score (nSPS) is 13.3. The molecule has 0 saturated carbocycles. The number of hydrogen-bond acceptors (Lipinski definition) is 9. The fourth-order valence-corrected chi connectivity index (χ4v) is 2.04. The molecule has 29 heavy (non-hydrogen) atoms. The Morgan fingerprint density at radius 2 is 1.69 bits per heavy atom. The minimum atomic E-state index is -0.751. The molecule has 0 bridgehead atoms. The van der Waals surface area contributed by atoms with E-state index in [1.807, 2.05) is 13.8 Å². The van der Waals surface area contributed by atoms with Crippen LogP contribution in [0.5, 0.6) is 5.75 Å². The maximum atomic E-state index is 12.1. The Kier molecular flexibility index (Phi) is 7.34. The Morgan fingerprint density at radius 3 is 2.31 bits per heavy atom. The van der Waals surface area contributed by atoms with Crippen molar-refractivity contribution in [2.45, 2.75) is 32.9 Å². The van der Waals surface area contributed by atoms with E-state index in [2.05, 4.69) is 20.5 Å². The predicted octanol–water partition coefficient (Wildman–Crippen LogP) is 2.25. The molecular weight excluding hydrogens is 374 g/mol. The molecule has 1 aromatic heterocycles. The van der Waals surface area contributed by atoms with Crippen molar-refractivity contribution in [2.24, 2.45) is 27.6 Å². The van der Waals surface area contributed by atoms with Gasteiger partial charge in [-0.1, -0.05) is 26.0 Å². The second-order valence-electron chi connectivity index (χ2n) is 6.74. The van der Waals surface area contributed by atoms with Crippen LogP contribution in [-0.2, 0) is 9.59 Å². The zero-order valence-electron chi connectivity index (χ0n) is 16.5. The van der Waals surface area contributed by atoms with Gasteiger partial charge in [-0.25, -0.2) is 9.78 Å². The highest BCUT2D eigenvalue weighted by atomic mass is 16.5. The molecule has 0 aliphatic rings. The van der Waals surface area contributed by atoms with Gasteiger partial charge < -0.3 is 27.3 Å². The van der Waals surface area contributed by atoms with Crippen LogP contribution in [0.3, 0.4) is 0 Å². The van der Waals surface area contributed by atoms with E-state index in [0.717, 1.165) is 0 Å². The number of nitrogens with zero attached hydrogens (tertiary/aromatic N) is 3. The van der Waals surface area contributed by atoms with Gasteiger partial charge in [0, 0.05) is 0 Å². The summed E-state index contributed by atoms with van der Waals surface area (Å²) in [5.41, 5.74) is 17.8. The van der Waals surface area contributed by atoms with Crippen molar-refractivity contribution >= 4 is 34.9 Å². The number of nitrogens with two attached hydrogens (primary N) is 3. The monoisotopic (exact) mass is 399 g/mol. The molecule has 0 unspecified atom stereocenters. The maximum absolute atomic E-state index is 12.1. The van der Waals surface area contributed by atoms with Crippen LogP contribution < -0.4 is 27.3 Å². The smallest absolute Gasteiger partial charge is 0.328 e. The van der Waals surface area contributed by atoms with E-state index >= 15 is 0 Å². The topological polar surface area (TPSA) is 171 Å². The largest absolute Gasteiger partial charge is 0.423 e. The van der Waals surface area contributed by atoms with Gasteiger partial charge in [0.05, 0.1) is 6.04 Å². The molecule has 2 rings (SSSR count). The average molecular weight is 399 g/mol. The number of amides is 1. The van der Waals surface area contributed by atoms with Crippen molar-refractivity contribution in [2.75, 3.05) is 11.1 Å². The van der Waals surface area contributed by atoms with Gasteiger partial charge in [-0.2, -0.15) is 0 Å². The molecule has 0 saturated heterocycles. The number of ether oxygens (including phenoxy) is 1. The summed E-state index contributed by atoms with van der Waals surface area (Å²) in [6, 6.07) is 8.29. The zero-order chi connectivity index (χ0) is 21.6. The summed E-state index contributed by atoms with van der Waals surface area (Å²) in [4.78, 5) is 27.8. The number of pyridine rings is 1. The second-order valence-corrected chi connectivity index (χ2v) is 6.74. The molecule has 7 N–H and O–H groups in total. The summed E-state index contributed by atoms with van der Waals surface area (Å²) in [5.74, 6) is -0.471. The Balaban J connectivity index is 2.18. The first-order valence-electron chi connectivity index (χ1n) is 9.00. The van der Waals surface area contributed by atoms with Gasteiger partial charge in [0.15, 0.2) is 11.6 Å². The van der Waals surface area contributed by atoms with E-state index < -0.39 is 18.1 Å². The minimum Gasteiger partial charge on any atom is -0.423 e. The van der Waals surface area contributed by atoms with Gasteiger partial charge in [0.2, 0.25) is 5.91 Å². The Morgan fingerprint density at radius 1 is 1.03 bits per heavy atom. The molecule has 10 heteroatoms. The summed E-state index contributed by atoms with van der Waals surface area (Å²) in [6.45, 7) is 5.21. The number of nitrogen functional groups attached to an aromatic ring is 1. The fourth-order valence-electron chi connectivity index (χ4n) is 2.04. The van der Waals surface area contributed by atoms with E-state index in [4.69, 9.17) is 21.9 Å². The van der Waals surface area contributed by atoms with Crippen molar-refractivity contribution < 1.29 is 14.3 Å². The Hall–Kier alpha value is -3.37. The lowest BCUT2D eigenvalue weighted by molar-refractivity contribution is -0.136. The summed E-state index contributed by atoms with van der Waals surface area (Å²) in [6.07, 6.45) is 0. The van der Waals surface area contributed by atoms with Crippen molar-refractivity contribution in [1.82, 2.24) is 4.98 Å². The van der Waals surface area contributed by atoms with Crippen LogP contribution in [0.1, 0.15) is 20.8 Å². The van der Waals surface area contributed by atoms with Gasteiger partial charge >= 0.3 is 5.97 Å². The first kappa shape index (κ1) is 21.9. The molecule has 2 aromatic rings. The molecule has 0 aliphatic carbocycles. The standard InChI is InChI=1S/C19H25N7O3/c1-10(2)16(21)19(28)29-14-7-5-4-6-12(14)25-26-13-8-9-15(23-17(13)22)24-18(27)11(3)20/h4-11,16H,20-21H2,1-3H3,(H3,22,23,24,27)/b26-25+/t11-,16-/m0/s1. The molecular formula is C19H25N7O3. The second kappa shape index (κ2) is 9.71. The molecule has 154 valence electrons. The van der Waals surface area contributed by atoms with Crippen LogP contribution in [0.4, 0.5) is 23.0 Å². The quantitative estimate of drug-likeness (QED) is 0.314. The van der Waals surface area contributed by atoms with Gasteiger partial charge in [0.25, 0.3) is 0 Å². The number of esters is 1. The van der Waals surface area contributed by atoms with E-state index in [1.165, 1.54) is 6.07 Å². The number of azo groups is 1. The van der Waals surface area contributed by atoms with Crippen LogP contribution in [0, 0.1) is 5.92 Å². The summed E-state index contributed by atoms with van der Waals surface area (Å²) in [5, 5.41) is 10.7. The highest BCUT2D eigenvalue weighted by molar-refractivity contribution is 5.93. The Bertz CT molecular complexity index is 912. The summed E-state index contributed by atoms with van der Waals surface area (Å²) < 4.78 is 5.35. The number of nitrogens with one attached hydrogen (secondary N) is 1. The summed E-state index contributed by atoms with van der Waals surface area (Å²) >= 11 is 0. The van der Waals surface area contributed by atoms with Gasteiger partial charge in [0.1, 0.15) is 23.2 Å². The van der Waals surface area contributed by atoms with Crippen molar-refractivity contribution in [3.8, 4) is 5.75 Å². The molecule has 1 amide bonds. The number of carbonyl (C=O) groups is 2. The van der Waals surface area contributed by atoms with Crippen LogP contribution in [0.2, 0.25) is 0 Å². The lowest BCUT2D eigenvalue weighted by atomic mass is 10.1. The van der Waals surface area contributed by atoms with Gasteiger partial charge in [-0.05, 0) is 37.1 Å². The van der Waals surface area contributed by atoms with Crippen molar-refractivity contribution in [3.05, 3.63) is 36.4 Å². The van der Waals surface area contributed by atoms with Crippen molar-refractivity contribution in [1.29, 1.82) is 0 Å². The number of benzene rings is 1. The average Bonchev–Trinajstić information content (AvgIpc) is 2.67. The first-order chi connectivity index (χ1) is 13.7. The van der Waals surface area contributed by atoms with Gasteiger partial charge in [-0.15, -0.1) is 10.2 Å². The Labute approximate surface area is 168 Å². The third-order valence-electron chi connectivity index (χ3n) is 3.90. The number of carbonyl (C=O) groups excluding carboxylic acids is 2. The molecule has 0 fully saturated rings. The molecule has 0 aliphatic heterocycles. The predicted molar refractivity (Wildman–Crippen MR) is 110 cm³/mol. The molecule has 1 aromatic carbocycles. The maximum Gasteiger partial charge on any atom is 0.328 e. The molecule has 1 heterocycles. The van der Waals surface area contributed by atoms with Crippen molar-refractivity contribution in [3.63, 3.8) is 0 Å². The highest BCUT2D eigenvalue weighted by Gasteiger charge is 2.20. The van der Waals surface area contributed by atoms with Crippen LogP contribution in [0.25, 0.3) is 0 Å². The fraction of sp³-hybridized carbons (Fsp3) is 0.316. The third-order valence-corrected chi connectivity index (χ3v) is 3.90. The molecule has 0 spiro atoms. The molecule has 0 radical (unpaired) electrons. The summed E-state index contributed by atoms with van der Waals surface area (Å²) in [7, 11) is 0. The number of hydrogen-bond donors (Lipinski definition) is 4. The molecule has 10 nitrogen and oxygen atoms in total. The SMILES string of the molecule is CC(C)[C@H](N)C(=O)Oc1ccccc1/N=N/c1ccc(NC(=O)[C@H](C)N)nc1N. The lowest BCUT2D eigenvalue weighted by Crippen LogP contribution is -2.38. The molecule has 2 atom stereocenters. The number of rotatable bonds is 7. The van der Waals surface area contributed by atoms with Crippen LogP contribution in [0.15, 0.2) is 46.6 Å². The van der Waals surface area contributed by atoms with Gasteiger partial charge in [-0.3, -0.25) is 4.79 Å². The van der Waals surface area contributed by atoms with E-state index in [1.54, 1.807) is 37.3 Å². The minimum absolute atomic E-state index is 0.0625. The van der Waals surface area contributed by atoms with Crippen LogP contribution >= 0.6 is 0 Å². The van der Waals surface area contributed by atoms with E-state index in [-0.39, 0.29) is 34.9 Å². The number of para-hydroxylation sites is 1. The third kappa shape index (κ3) is 6.06. The van der Waals surface area contributed by atoms with E-state index in [0.29, 0.717) is 5.69 Å². The number of aromatic nitrogens is 1. The lowest BCUT2D eigenvalue weighted by Gasteiger charge is -2.14. The number of anilines is 2. The van der Waals surface area contributed by atoms with Crippen LogP contribution in [-0.4, -0.2) is 28.9 Å². The first-order valence-corrected chi connectivity index (χ1v) is 9.00.